The molecule has 3 heterocycles. The molecule has 0 spiro atoms. The number of hydrogen-bond donors (Lipinski definition) is 0. The number of aromatic nitrogens is 2. The monoisotopic (exact) mass is 429 g/mol. The van der Waals surface area contributed by atoms with Crippen LogP contribution in [0, 0.1) is 0 Å². The predicted octanol–water partition coefficient (Wildman–Crippen LogP) is 5.02. The van der Waals surface area contributed by atoms with E-state index in [2.05, 4.69) is 33.2 Å². The molecule has 3 aromatic rings. The second kappa shape index (κ2) is 7.68. The maximum atomic E-state index is 13.0. The lowest BCUT2D eigenvalue weighted by molar-refractivity contribution is 0.0720. The molecule has 140 valence electrons. The van der Waals surface area contributed by atoms with Crippen LogP contribution >= 0.6 is 15.9 Å². The molecule has 1 aromatic carbocycles. The minimum absolute atomic E-state index is 0.0697. The van der Waals surface area contributed by atoms with Crippen LogP contribution in [0.2, 0.25) is 0 Å². The number of carbonyl (C=O) groups excluding carboxylic acids is 1. The third kappa shape index (κ3) is 3.69. The lowest BCUT2D eigenvalue weighted by atomic mass is 10.1. The van der Waals surface area contributed by atoms with Gasteiger partial charge in [0.15, 0.2) is 11.5 Å². The van der Waals surface area contributed by atoms with Crippen LogP contribution in [0.3, 0.4) is 0 Å². The van der Waals surface area contributed by atoms with Gasteiger partial charge < -0.3 is 13.9 Å². The molecule has 7 heteroatoms. The highest BCUT2D eigenvalue weighted by atomic mass is 79.9. The van der Waals surface area contributed by atoms with Gasteiger partial charge in [-0.25, -0.2) is 0 Å². The van der Waals surface area contributed by atoms with Gasteiger partial charge in [-0.1, -0.05) is 45.3 Å². The summed E-state index contributed by atoms with van der Waals surface area (Å²) in [6, 6.07) is 11.3. The predicted molar refractivity (Wildman–Crippen MR) is 103 cm³/mol. The number of nitrogens with zero attached hydrogens (tertiary/aromatic N) is 3. The maximum absolute atomic E-state index is 13.0. The number of hydrogen-bond acceptors (Lipinski definition) is 5. The number of halogens is 1. The van der Waals surface area contributed by atoms with E-state index < -0.39 is 0 Å². The maximum Gasteiger partial charge on any atom is 0.276 e. The first kappa shape index (κ1) is 18.0. The van der Waals surface area contributed by atoms with Crippen LogP contribution in [0.1, 0.15) is 54.2 Å². The zero-order valence-electron chi connectivity index (χ0n) is 15.0. The van der Waals surface area contributed by atoms with Crippen molar-refractivity contribution in [3.05, 3.63) is 58.0 Å². The van der Waals surface area contributed by atoms with Gasteiger partial charge in [-0.15, -0.1) is 0 Å². The Balaban J connectivity index is 1.53. The van der Waals surface area contributed by atoms with Crippen LogP contribution in [0.15, 0.2) is 49.9 Å². The molecule has 0 radical (unpaired) electrons. The molecule has 0 bridgehead atoms. The van der Waals surface area contributed by atoms with Crippen molar-refractivity contribution in [2.24, 2.45) is 0 Å². The first-order valence-electron chi connectivity index (χ1n) is 9.15. The van der Waals surface area contributed by atoms with Crippen molar-refractivity contribution in [2.45, 2.75) is 38.6 Å². The highest BCUT2D eigenvalue weighted by Crippen LogP contribution is 2.33. The third-order valence-corrected chi connectivity index (χ3v) is 5.32. The summed E-state index contributed by atoms with van der Waals surface area (Å²) in [6.45, 7) is 2.78. The van der Waals surface area contributed by atoms with E-state index in [9.17, 15) is 4.79 Å². The molecule has 0 saturated carbocycles. The van der Waals surface area contributed by atoms with Crippen LogP contribution in [0.4, 0.5) is 0 Å². The fourth-order valence-electron chi connectivity index (χ4n) is 3.44. The van der Waals surface area contributed by atoms with E-state index >= 15 is 0 Å². The minimum Gasteiger partial charge on any atom is -0.361 e. The Morgan fingerprint density at radius 2 is 2.04 bits per heavy atom. The minimum atomic E-state index is -0.135. The molecular formula is C20H20BrN3O3. The molecule has 4 rings (SSSR count). The first-order valence-corrected chi connectivity index (χ1v) is 9.94. The van der Waals surface area contributed by atoms with Crippen molar-refractivity contribution in [2.75, 3.05) is 6.54 Å². The summed E-state index contributed by atoms with van der Waals surface area (Å²) in [6.07, 6.45) is 3.66. The van der Waals surface area contributed by atoms with Crippen LogP contribution in [0.25, 0.3) is 11.3 Å². The number of aryl methyl sites for hydroxylation is 1. The summed E-state index contributed by atoms with van der Waals surface area (Å²) in [5.41, 5.74) is 2.02. The molecule has 0 aliphatic carbocycles. The zero-order chi connectivity index (χ0) is 18.8. The smallest absolute Gasteiger partial charge is 0.276 e. The van der Waals surface area contributed by atoms with E-state index in [1.165, 1.54) is 0 Å². The largest absolute Gasteiger partial charge is 0.361 e. The highest BCUT2D eigenvalue weighted by Gasteiger charge is 2.34. The standard InChI is InChI=1S/C20H20BrN3O3/c1-2-4-15-11-16(22-26-15)18-5-3-10-24(18)20(25)17-12-19(27-23-17)13-6-8-14(21)9-7-13/h6-9,11-12,18H,2-5,10H2,1H3. The molecule has 1 aliphatic heterocycles. The van der Waals surface area contributed by atoms with Crippen molar-refractivity contribution >= 4 is 21.8 Å². The molecule has 27 heavy (non-hydrogen) atoms. The number of amides is 1. The number of likely N-dealkylation sites (tertiary alicyclic amines) is 1. The van der Waals surface area contributed by atoms with E-state index in [1.54, 1.807) is 6.07 Å². The van der Waals surface area contributed by atoms with Gasteiger partial charge in [-0.2, -0.15) is 0 Å². The first-order chi connectivity index (χ1) is 13.2. The fraction of sp³-hybridized carbons (Fsp3) is 0.350. The Labute approximate surface area is 165 Å². The molecule has 1 atom stereocenters. The van der Waals surface area contributed by atoms with E-state index in [0.29, 0.717) is 18.0 Å². The second-order valence-corrected chi connectivity index (χ2v) is 7.62. The van der Waals surface area contributed by atoms with Gasteiger partial charge in [0.25, 0.3) is 5.91 Å². The molecule has 1 fully saturated rings. The van der Waals surface area contributed by atoms with Gasteiger partial charge in [0.05, 0.1) is 6.04 Å². The van der Waals surface area contributed by atoms with Crippen LogP contribution in [0.5, 0.6) is 0 Å². The molecule has 1 amide bonds. The summed E-state index contributed by atoms with van der Waals surface area (Å²) in [5.74, 6) is 1.31. The van der Waals surface area contributed by atoms with Crippen molar-refractivity contribution < 1.29 is 13.8 Å². The van der Waals surface area contributed by atoms with Crippen LogP contribution in [-0.2, 0) is 6.42 Å². The van der Waals surface area contributed by atoms with Crippen molar-refractivity contribution in [3.8, 4) is 11.3 Å². The fourth-order valence-corrected chi connectivity index (χ4v) is 3.71. The molecule has 0 N–H and O–H groups in total. The van der Waals surface area contributed by atoms with Crippen molar-refractivity contribution in [1.29, 1.82) is 0 Å². The van der Waals surface area contributed by atoms with Gasteiger partial charge in [-0.3, -0.25) is 4.79 Å². The van der Waals surface area contributed by atoms with E-state index in [-0.39, 0.29) is 11.9 Å². The van der Waals surface area contributed by atoms with Gasteiger partial charge in [0.1, 0.15) is 11.5 Å². The Morgan fingerprint density at radius 3 is 2.81 bits per heavy atom. The van der Waals surface area contributed by atoms with Crippen LogP contribution < -0.4 is 0 Å². The second-order valence-electron chi connectivity index (χ2n) is 6.71. The van der Waals surface area contributed by atoms with Gasteiger partial charge in [0, 0.05) is 35.1 Å². The molecule has 1 saturated heterocycles. The Kier molecular flexibility index (Phi) is 5.11. The average Bonchev–Trinajstić information content (AvgIpc) is 3.42. The quantitative estimate of drug-likeness (QED) is 0.568. The van der Waals surface area contributed by atoms with Gasteiger partial charge >= 0.3 is 0 Å². The third-order valence-electron chi connectivity index (χ3n) is 4.79. The summed E-state index contributed by atoms with van der Waals surface area (Å²) in [5, 5.41) is 8.19. The SMILES string of the molecule is CCCc1cc(C2CCCN2C(=O)c2cc(-c3ccc(Br)cc3)on2)no1. The zero-order valence-corrected chi connectivity index (χ0v) is 16.6. The molecular weight excluding hydrogens is 410 g/mol. The Morgan fingerprint density at radius 1 is 1.22 bits per heavy atom. The summed E-state index contributed by atoms with van der Waals surface area (Å²) in [7, 11) is 0. The van der Waals surface area contributed by atoms with Crippen molar-refractivity contribution in [1.82, 2.24) is 15.2 Å². The molecule has 6 nitrogen and oxygen atoms in total. The van der Waals surface area contributed by atoms with E-state index in [0.717, 1.165) is 47.2 Å². The Bertz CT molecular complexity index is 932. The molecule has 1 aliphatic rings. The van der Waals surface area contributed by atoms with Crippen molar-refractivity contribution in [3.63, 3.8) is 0 Å². The van der Waals surface area contributed by atoms with E-state index in [1.807, 2.05) is 35.2 Å². The number of carbonyl (C=O) groups is 1. The lowest BCUT2D eigenvalue weighted by Crippen LogP contribution is -2.30. The Hall–Kier alpha value is -2.41. The van der Waals surface area contributed by atoms with E-state index in [4.69, 9.17) is 9.05 Å². The highest BCUT2D eigenvalue weighted by molar-refractivity contribution is 9.10. The summed E-state index contributed by atoms with van der Waals surface area (Å²) >= 11 is 3.41. The normalized spacial score (nSPS) is 16.8. The summed E-state index contributed by atoms with van der Waals surface area (Å²) in [4.78, 5) is 14.8. The topological polar surface area (TPSA) is 72.4 Å². The lowest BCUT2D eigenvalue weighted by Gasteiger charge is -2.21. The van der Waals surface area contributed by atoms with Gasteiger partial charge in [-0.05, 0) is 31.4 Å². The van der Waals surface area contributed by atoms with Gasteiger partial charge in [0.2, 0.25) is 0 Å². The number of rotatable bonds is 5. The van der Waals surface area contributed by atoms with Crippen LogP contribution in [-0.4, -0.2) is 27.7 Å². The summed E-state index contributed by atoms with van der Waals surface area (Å²) < 4.78 is 11.8. The number of benzene rings is 1. The molecule has 1 unspecified atom stereocenters. The molecule has 2 aromatic heterocycles. The average molecular weight is 430 g/mol.